The van der Waals surface area contributed by atoms with Crippen LogP contribution in [-0.4, -0.2) is 20.6 Å². The highest BCUT2D eigenvalue weighted by Crippen LogP contribution is 2.22. The van der Waals surface area contributed by atoms with E-state index in [4.69, 9.17) is 9.15 Å². The van der Waals surface area contributed by atoms with Crippen LogP contribution in [0.15, 0.2) is 69.6 Å². The third-order valence-electron chi connectivity index (χ3n) is 5.12. The van der Waals surface area contributed by atoms with Gasteiger partial charge in [0.25, 0.3) is 11.6 Å². The number of halogens is 1. The fourth-order valence-electron chi connectivity index (χ4n) is 3.34. The highest BCUT2D eigenvalue weighted by Gasteiger charge is 2.14. The minimum atomic E-state index is -0.477. The number of nitro groups is 1. The van der Waals surface area contributed by atoms with Gasteiger partial charge in [-0.1, -0.05) is 12.1 Å². The zero-order valence-corrected chi connectivity index (χ0v) is 20.0. The van der Waals surface area contributed by atoms with E-state index in [9.17, 15) is 14.9 Å². The van der Waals surface area contributed by atoms with Gasteiger partial charge in [0.05, 0.1) is 27.3 Å². The normalized spacial score (nSPS) is 10.8. The number of nitro benzene ring substituents is 1. The fourth-order valence-corrected chi connectivity index (χ4v) is 3.62. The molecule has 0 fully saturated rings. The van der Waals surface area contributed by atoms with Crippen LogP contribution in [-0.2, 0) is 13.2 Å². The molecule has 34 heavy (non-hydrogen) atoms. The van der Waals surface area contributed by atoms with E-state index in [1.807, 2.05) is 36.7 Å². The number of carbonyl (C=O) groups is 1. The van der Waals surface area contributed by atoms with Crippen molar-refractivity contribution >= 4 is 33.2 Å². The van der Waals surface area contributed by atoms with Crippen molar-refractivity contribution in [2.45, 2.75) is 27.0 Å². The van der Waals surface area contributed by atoms with E-state index in [0.29, 0.717) is 23.7 Å². The number of aryl methyl sites for hydroxylation is 1. The molecular weight excluding hydrogens is 504 g/mol. The molecule has 0 saturated heterocycles. The molecule has 0 aliphatic carbocycles. The Morgan fingerprint density at radius 1 is 1.18 bits per heavy atom. The Bertz CT molecular complexity index is 1340. The lowest BCUT2D eigenvalue weighted by Gasteiger charge is -2.08. The van der Waals surface area contributed by atoms with Crippen LogP contribution in [0.25, 0.3) is 0 Å². The molecule has 174 valence electrons. The Balaban J connectivity index is 1.36. The number of hydrogen-bond donors (Lipinski definition) is 1. The lowest BCUT2D eigenvalue weighted by molar-refractivity contribution is -0.384. The summed E-state index contributed by atoms with van der Waals surface area (Å²) in [7, 11) is 0. The van der Waals surface area contributed by atoms with Crippen molar-refractivity contribution in [1.29, 1.82) is 0 Å². The predicted molar refractivity (Wildman–Crippen MR) is 129 cm³/mol. The van der Waals surface area contributed by atoms with Crippen LogP contribution >= 0.6 is 15.9 Å². The summed E-state index contributed by atoms with van der Waals surface area (Å²) in [5, 5.41) is 18.1. The SMILES string of the molecule is Cc1nn(Cc2cccc(NC(=O)c3ccc(COc4ccc([N+](=O)[O-])cc4)o3)c2)c(C)c1Br. The van der Waals surface area contributed by atoms with E-state index < -0.39 is 4.92 Å². The highest BCUT2D eigenvalue weighted by atomic mass is 79.9. The van der Waals surface area contributed by atoms with Gasteiger partial charge in [-0.2, -0.15) is 5.10 Å². The summed E-state index contributed by atoms with van der Waals surface area (Å²) < 4.78 is 14.1. The summed E-state index contributed by atoms with van der Waals surface area (Å²) >= 11 is 3.54. The lowest BCUT2D eigenvalue weighted by atomic mass is 10.2. The van der Waals surface area contributed by atoms with Gasteiger partial charge in [0, 0.05) is 17.8 Å². The third kappa shape index (κ3) is 5.34. The molecule has 10 heteroatoms. The molecule has 0 bridgehead atoms. The number of nitrogens with zero attached hydrogens (tertiary/aromatic N) is 3. The third-order valence-corrected chi connectivity index (χ3v) is 6.27. The maximum absolute atomic E-state index is 12.6. The number of rotatable bonds is 8. The number of ether oxygens (including phenoxy) is 1. The number of aromatic nitrogens is 2. The zero-order chi connectivity index (χ0) is 24.2. The van der Waals surface area contributed by atoms with Crippen molar-refractivity contribution in [3.8, 4) is 5.75 Å². The first kappa shape index (κ1) is 23.2. The van der Waals surface area contributed by atoms with Gasteiger partial charge in [0.1, 0.15) is 18.1 Å². The molecule has 1 amide bonds. The molecule has 0 atom stereocenters. The maximum atomic E-state index is 12.6. The second-order valence-electron chi connectivity index (χ2n) is 7.60. The number of carbonyl (C=O) groups excluding carboxylic acids is 1. The van der Waals surface area contributed by atoms with Crippen LogP contribution in [0.1, 0.15) is 33.3 Å². The Hall–Kier alpha value is -3.92. The number of benzene rings is 2. The first-order chi connectivity index (χ1) is 16.3. The molecule has 4 rings (SSSR count). The molecule has 2 aromatic heterocycles. The molecule has 0 radical (unpaired) electrons. The van der Waals surface area contributed by atoms with Crippen molar-refractivity contribution in [1.82, 2.24) is 9.78 Å². The number of furan rings is 1. The van der Waals surface area contributed by atoms with E-state index in [0.717, 1.165) is 21.4 Å². The summed E-state index contributed by atoms with van der Waals surface area (Å²) in [6, 6.07) is 16.5. The van der Waals surface area contributed by atoms with Crippen LogP contribution in [0.3, 0.4) is 0 Å². The van der Waals surface area contributed by atoms with Gasteiger partial charge in [0.2, 0.25) is 0 Å². The first-order valence-electron chi connectivity index (χ1n) is 10.4. The van der Waals surface area contributed by atoms with Crippen molar-refractivity contribution in [2.75, 3.05) is 5.32 Å². The first-order valence-corrected chi connectivity index (χ1v) is 11.1. The van der Waals surface area contributed by atoms with Crippen LogP contribution < -0.4 is 10.1 Å². The Kier molecular flexibility index (Phi) is 6.78. The summed E-state index contributed by atoms with van der Waals surface area (Å²) in [4.78, 5) is 22.9. The number of hydrogen-bond acceptors (Lipinski definition) is 6. The van der Waals surface area contributed by atoms with Crippen LogP contribution in [0, 0.1) is 24.0 Å². The largest absolute Gasteiger partial charge is 0.486 e. The quantitative estimate of drug-likeness (QED) is 0.235. The molecule has 9 nitrogen and oxygen atoms in total. The maximum Gasteiger partial charge on any atom is 0.291 e. The van der Waals surface area contributed by atoms with Crippen LogP contribution in [0.2, 0.25) is 0 Å². The average molecular weight is 525 g/mol. The van der Waals surface area contributed by atoms with Gasteiger partial charge < -0.3 is 14.5 Å². The highest BCUT2D eigenvalue weighted by molar-refractivity contribution is 9.10. The standard InChI is InChI=1S/C24H21BrN4O5/c1-15-23(25)16(2)28(27-15)13-17-4-3-5-18(12-17)26-24(30)22-11-10-21(34-22)14-33-20-8-6-19(7-9-20)29(31)32/h3-12H,13-14H2,1-2H3,(H,26,30). The molecule has 0 aliphatic rings. The van der Waals surface area contributed by atoms with Crippen molar-refractivity contribution in [3.63, 3.8) is 0 Å². The average Bonchev–Trinajstić information content (AvgIpc) is 3.39. The van der Waals surface area contributed by atoms with Crippen LogP contribution in [0.5, 0.6) is 5.75 Å². The molecule has 4 aromatic rings. The van der Waals surface area contributed by atoms with Crippen molar-refractivity contribution < 1.29 is 18.9 Å². The van der Waals surface area contributed by atoms with Gasteiger partial charge >= 0.3 is 0 Å². The topological polar surface area (TPSA) is 112 Å². The number of non-ortho nitro benzene ring substituents is 1. The summed E-state index contributed by atoms with van der Waals surface area (Å²) in [6.07, 6.45) is 0. The number of amides is 1. The summed E-state index contributed by atoms with van der Waals surface area (Å²) in [5.41, 5.74) is 3.57. The van der Waals surface area contributed by atoms with E-state index >= 15 is 0 Å². The predicted octanol–water partition coefficient (Wildman–Crippen LogP) is 5.64. The zero-order valence-electron chi connectivity index (χ0n) is 18.4. The van der Waals surface area contributed by atoms with E-state index in [1.54, 1.807) is 18.2 Å². The van der Waals surface area contributed by atoms with E-state index in [1.165, 1.54) is 24.3 Å². The second kappa shape index (κ2) is 9.92. The van der Waals surface area contributed by atoms with Crippen molar-refractivity contribution in [2.24, 2.45) is 0 Å². The van der Waals surface area contributed by atoms with E-state index in [-0.39, 0.29) is 24.0 Å². The molecule has 2 heterocycles. The smallest absolute Gasteiger partial charge is 0.291 e. The lowest BCUT2D eigenvalue weighted by Crippen LogP contribution is -2.11. The fraction of sp³-hybridized carbons (Fsp3) is 0.167. The number of anilines is 1. The molecule has 0 spiro atoms. The van der Waals surface area contributed by atoms with Gasteiger partial charge in [-0.05, 0) is 71.7 Å². The second-order valence-corrected chi connectivity index (χ2v) is 8.40. The Morgan fingerprint density at radius 3 is 2.62 bits per heavy atom. The summed E-state index contributed by atoms with van der Waals surface area (Å²) in [5.74, 6) is 0.676. The molecule has 0 saturated carbocycles. The van der Waals surface area contributed by atoms with Crippen molar-refractivity contribution in [3.05, 3.63) is 104 Å². The molecule has 0 aliphatic heterocycles. The summed E-state index contributed by atoms with van der Waals surface area (Å²) in [6.45, 7) is 4.60. The minimum absolute atomic E-state index is 0.0175. The van der Waals surface area contributed by atoms with Gasteiger partial charge in [-0.15, -0.1) is 0 Å². The monoisotopic (exact) mass is 524 g/mol. The van der Waals surface area contributed by atoms with Crippen LogP contribution in [0.4, 0.5) is 11.4 Å². The molecule has 2 aromatic carbocycles. The van der Waals surface area contributed by atoms with Gasteiger partial charge in [-0.25, -0.2) is 0 Å². The van der Waals surface area contributed by atoms with E-state index in [2.05, 4.69) is 26.3 Å². The molecular formula is C24H21BrN4O5. The van der Waals surface area contributed by atoms with Gasteiger partial charge in [-0.3, -0.25) is 19.6 Å². The number of nitrogens with one attached hydrogen (secondary N) is 1. The Labute approximate surface area is 203 Å². The minimum Gasteiger partial charge on any atom is -0.486 e. The molecule has 1 N–H and O–H groups in total. The Morgan fingerprint density at radius 2 is 1.94 bits per heavy atom. The molecule has 0 unspecified atom stereocenters. The van der Waals surface area contributed by atoms with Gasteiger partial charge in [0.15, 0.2) is 5.76 Å².